The molecule has 0 heterocycles. The second kappa shape index (κ2) is 7.38. The fourth-order valence-electron chi connectivity index (χ4n) is 1.58. The van der Waals surface area contributed by atoms with E-state index < -0.39 is 0 Å². The van der Waals surface area contributed by atoms with Crippen molar-refractivity contribution >= 4 is 27.5 Å². The summed E-state index contributed by atoms with van der Waals surface area (Å²) < 4.78 is 0.934. The van der Waals surface area contributed by atoms with Crippen molar-refractivity contribution in [2.24, 2.45) is 0 Å². The van der Waals surface area contributed by atoms with Gasteiger partial charge in [0.15, 0.2) is 5.78 Å². The van der Waals surface area contributed by atoms with Gasteiger partial charge >= 0.3 is 0 Å². The number of rotatable bonds is 7. The molecule has 0 fully saturated rings. The number of benzene rings is 1. The van der Waals surface area contributed by atoms with Crippen molar-refractivity contribution < 1.29 is 9.59 Å². The van der Waals surface area contributed by atoms with Crippen molar-refractivity contribution in [3.63, 3.8) is 0 Å². The van der Waals surface area contributed by atoms with E-state index in [9.17, 15) is 9.59 Å². The summed E-state index contributed by atoms with van der Waals surface area (Å²) in [6.07, 6.45) is 3.59. The van der Waals surface area contributed by atoms with Crippen molar-refractivity contribution in [3.05, 3.63) is 34.3 Å². The summed E-state index contributed by atoms with van der Waals surface area (Å²) in [5.74, 6) is -0.0367. The van der Waals surface area contributed by atoms with Gasteiger partial charge in [-0.15, -0.1) is 0 Å². The van der Waals surface area contributed by atoms with Crippen molar-refractivity contribution in [1.82, 2.24) is 0 Å². The van der Waals surface area contributed by atoms with Gasteiger partial charge in [-0.1, -0.05) is 47.8 Å². The second-order valence-electron chi connectivity index (χ2n) is 4.10. The lowest BCUT2D eigenvalue weighted by atomic mass is 10.0. The highest BCUT2D eigenvalue weighted by Gasteiger charge is 2.11. The molecule has 0 amide bonds. The van der Waals surface area contributed by atoms with E-state index in [2.05, 4.69) is 22.9 Å². The lowest BCUT2D eigenvalue weighted by molar-refractivity contribution is -0.118. The second-order valence-corrected chi connectivity index (χ2v) is 5.02. The molecule has 1 rings (SSSR count). The van der Waals surface area contributed by atoms with E-state index in [1.165, 1.54) is 0 Å². The van der Waals surface area contributed by atoms with Gasteiger partial charge in [0.05, 0.1) is 6.42 Å². The normalized spacial score (nSPS) is 10.2. The number of ketones is 2. The Morgan fingerprint density at radius 2 is 1.76 bits per heavy atom. The molecule has 1 aromatic rings. The van der Waals surface area contributed by atoms with Crippen molar-refractivity contribution in [2.75, 3.05) is 0 Å². The van der Waals surface area contributed by atoms with Crippen LogP contribution in [-0.2, 0) is 4.79 Å². The van der Waals surface area contributed by atoms with E-state index >= 15 is 0 Å². The lowest BCUT2D eigenvalue weighted by Gasteiger charge is -2.01. The molecule has 0 bridgehead atoms. The number of hydrogen-bond donors (Lipinski definition) is 0. The summed E-state index contributed by atoms with van der Waals surface area (Å²) in [7, 11) is 0. The standard InChI is InChI=1S/C14H17BrO2/c1-2-3-4-5-13(16)10-14(17)11-6-8-12(15)9-7-11/h6-9H,2-5,10H2,1H3. The average molecular weight is 297 g/mol. The summed E-state index contributed by atoms with van der Waals surface area (Å²) in [4.78, 5) is 23.3. The van der Waals surface area contributed by atoms with Crippen LogP contribution in [0.1, 0.15) is 49.4 Å². The topological polar surface area (TPSA) is 34.1 Å². The smallest absolute Gasteiger partial charge is 0.170 e. The van der Waals surface area contributed by atoms with Crippen LogP contribution < -0.4 is 0 Å². The lowest BCUT2D eigenvalue weighted by Crippen LogP contribution is -2.07. The Morgan fingerprint density at radius 1 is 1.12 bits per heavy atom. The molecule has 0 saturated carbocycles. The minimum absolute atomic E-state index is 0.0331. The molecule has 0 aliphatic rings. The van der Waals surface area contributed by atoms with E-state index in [-0.39, 0.29) is 18.0 Å². The fraction of sp³-hybridized carbons (Fsp3) is 0.429. The van der Waals surface area contributed by atoms with Crippen LogP contribution in [0, 0.1) is 0 Å². The first kappa shape index (κ1) is 14.1. The molecule has 0 aliphatic carbocycles. The zero-order valence-corrected chi connectivity index (χ0v) is 11.6. The highest BCUT2D eigenvalue weighted by Crippen LogP contribution is 2.13. The monoisotopic (exact) mass is 296 g/mol. The molecule has 0 N–H and O–H groups in total. The van der Waals surface area contributed by atoms with Gasteiger partial charge in [0.1, 0.15) is 5.78 Å². The van der Waals surface area contributed by atoms with E-state index in [4.69, 9.17) is 0 Å². The molecule has 0 spiro atoms. The highest BCUT2D eigenvalue weighted by molar-refractivity contribution is 9.10. The number of carbonyl (C=O) groups excluding carboxylic acids is 2. The molecule has 0 aliphatic heterocycles. The van der Waals surface area contributed by atoms with Crippen LogP contribution in [0.5, 0.6) is 0 Å². The van der Waals surface area contributed by atoms with Gasteiger partial charge in [0, 0.05) is 16.5 Å². The number of carbonyl (C=O) groups is 2. The van der Waals surface area contributed by atoms with Crippen LogP contribution in [-0.4, -0.2) is 11.6 Å². The van der Waals surface area contributed by atoms with Gasteiger partial charge in [-0.05, 0) is 18.6 Å². The zero-order valence-electron chi connectivity index (χ0n) is 10.0. The Balaban J connectivity index is 2.43. The third kappa shape index (κ3) is 5.26. The van der Waals surface area contributed by atoms with Gasteiger partial charge in [-0.25, -0.2) is 0 Å². The molecular formula is C14H17BrO2. The predicted octanol–water partition coefficient (Wildman–Crippen LogP) is 4.17. The Morgan fingerprint density at radius 3 is 2.35 bits per heavy atom. The summed E-state index contributed by atoms with van der Waals surface area (Å²) in [5.41, 5.74) is 0.608. The molecule has 0 unspecified atom stereocenters. The van der Waals surface area contributed by atoms with E-state index in [0.29, 0.717) is 12.0 Å². The maximum atomic E-state index is 11.8. The van der Waals surface area contributed by atoms with Crippen LogP contribution in [0.3, 0.4) is 0 Å². The Kier molecular flexibility index (Phi) is 6.12. The predicted molar refractivity (Wildman–Crippen MR) is 72.2 cm³/mol. The van der Waals surface area contributed by atoms with E-state index in [1.54, 1.807) is 12.1 Å². The van der Waals surface area contributed by atoms with Gasteiger partial charge in [0.25, 0.3) is 0 Å². The van der Waals surface area contributed by atoms with Crippen molar-refractivity contribution in [1.29, 1.82) is 0 Å². The number of halogens is 1. The minimum atomic E-state index is -0.0843. The largest absolute Gasteiger partial charge is 0.299 e. The van der Waals surface area contributed by atoms with Crippen LogP contribution in [0.25, 0.3) is 0 Å². The number of Topliss-reactive ketones (excluding diaryl/α,β-unsaturated/α-hetero) is 2. The van der Waals surface area contributed by atoms with E-state index in [0.717, 1.165) is 23.7 Å². The first-order valence-corrected chi connectivity index (χ1v) is 6.73. The maximum absolute atomic E-state index is 11.8. The van der Waals surface area contributed by atoms with Crippen LogP contribution in [0.4, 0.5) is 0 Å². The Bertz CT molecular complexity index is 382. The third-order valence-electron chi connectivity index (χ3n) is 2.58. The zero-order chi connectivity index (χ0) is 12.7. The molecule has 0 atom stereocenters. The molecule has 17 heavy (non-hydrogen) atoms. The molecule has 0 radical (unpaired) electrons. The summed E-state index contributed by atoms with van der Waals surface area (Å²) in [5, 5.41) is 0. The fourth-order valence-corrected chi connectivity index (χ4v) is 1.84. The van der Waals surface area contributed by atoms with Crippen LogP contribution in [0.2, 0.25) is 0 Å². The van der Waals surface area contributed by atoms with Crippen molar-refractivity contribution in [2.45, 2.75) is 39.0 Å². The molecule has 92 valence electrons. The van der Waals surface area contributed by atoms with Crippen molar-refractivity contribution in [3.8, 4) is 0 Å². The van der Waals surface area contributed by atoms with Gasteiger partial charge < -0.3 is 0 Å². The summed E-state index contributed by atoms with van der Waals surface area (Å²) >= 11 is 3.31. The van der Waals surface area contributed by atoms with E-state index in [1.807, 2.05) is 12.1 Å². The van der Waals surface area contributed by atoms with Gasteiger partial charge in [-0.2, -0.15) is 0 Å². The first-order chi connectivity index (χ1) is 8.13. The van der Waals surface area contributed by atoms with Gasteiger partial charge in [-0.3, -0.25) is 9.59 Å². The number of unbranched alkanes of at least 4 members (excludes halogenated alkanes) is 2. The Labute approximate surface area is 111 Å². The molecule has 0 saturated heterocycles. The van der Waals surface area contributed by atoms with Crippen LogP contribution in [0.15, 0.2) is 28.7 Å². The summed E-state index contributed by atoms with van der Waals surface area (Å²) in [6.45, 7) is 2.09. The third-order valence-corrected chi connectivity index (χ3v) is 3.11. The molecular weight excluding hydrogens is 280 g/mol. The maximum Gasteiger partial charge on any atom is 0.170 e. The number of hydrogen-bond acceptors (Lipinski definition) is 2. The molecule has 3 heteroatoms. The average Bonchev–Trinajstić information content (AvgIpc) is 2.30. The molecule has 1 aromatic carbocycles. The first-order valence-electron chi connectivity index (χ1n) is 5.94. The van der Waals surface area contributed by atoms with Crippen LogP contribution >= 0.6 is 15.9 Å². The Hall–Kier alpha value is -0.960. The SMILES string of the molecule is CCCCCC(=O)CC(=O)c1ccc(Br)cc1. The molecule has 2 nitrogen and oxygen atoms in total. The van der Waals surface area contributed by atoms with Gasteiger partial charge in [0.2, 0.25) is 0 Å². The quantitative estimate of drug-likeness (QED) is 0.430. The summed E-state index contributed by atoms with van der Waals surface area (Å²) in [6, 6.07) is 7.11. The minimum Gasteiger partial charge on any atom is -0.299 e. The highest BCUT2D eigenvalue weighted by atomic mass is 79.9. The molecule has 0 aromatic heterocycles.